The number of anilines is 3. The number of benzene rings is 4. The Balaban J connectivity index is 1.42. The number of aliphatic imine (C=N–C) groups is 1. The van der Waals surface area contributed by atoms with Crippen molar-refractivity contribution in [1.29, 1.82) is 0 Å². The molecular formula is C31H25N3O3. The molecule has 1 saturated heterocycles. The number of amides is 1. The van der Waals surface area contributed by atoms with Gasteiger partial charge in [0.25, 0.3) is 5.91 Å². The van der Waals surface area contributed by atoms with Crippen LogP contribution in [0, 0.1) is 0 Å². The van der Waals surface area contributed by atoms with Gasteiger partial charge in [-0.3, -0.25) is 14.5 Å². The topological polar surface area (TPSA) is 62.2 Å². The molecular weight excluding hydrogens is 462 g/mol. The highest BCUT2D eigenvalue weighted by molar-refractivity contribution is 6.11. The highest BCUT2D eigenvalue weighted by atomic mass is 16.5. The third-order valence-electron chi connectivity index (χ3n) is 5.94. The summed E-state index contributed by atoms with van der Waals surface area (Å²) in [4.78, 5) is 32.0. The predicted octanol–water partition coefficient (Wildman–Crippen LogP) is 6.88. The lowest BCUT2D eigenvalue weighted by molar-refractivity contribution is -0.122. The maximum absolute atomic E-state index is 13.0. The first-order valence-electron chi connectivity index (χ1n) is 12.0. The standard InChI is InChI=1S/C31H25N3O3/c1-2-33-30(36)29(37-31(33)32-25-17-13-24(22-35)14-18-25)21-23-15-19-28(20-16-23)34(26-9-5-3-6-10-26)27-11-7-4-8-12-27/h3-22H,2H2,1H3/b29-21+,32-31?. The summed E-state index contributed by atoms with van der Waals surface area (Å²) >= 11 is 0. The number of aldehydes is 1. The van der Waals surface area contributed by atoms with Crippen molar-refractivity contribution in [3.05, 3.63) is 126 Å². The lowest BCUT2D eigenvalue weighted by atomic mass is 10.1. The van der Waals surface area contributed by atoms with E-state index in [1.165, 1.54) is 4.90 Å². The van der Waals surface area contributed by atoms with Crippen molar-refractivity contribution >= 4 is 47.0 Å². The number of hydrogen-bond donors (Lipinski definition) is 0. The van der Waals surface area contributed by atoms with Crippen molar-refractivity contribution in [2.45, 2.75) is 6.92 Å². The normalized spacial score (nSPS) is 15.2. The van der Waals surface area contributed by atoms with Crippen molar-refractivity contribution in [2.24, 2.45) is 4.99 Å². The zero-order valence-corrected chi connectivity index (χ0v) is 20.3. The third-order valence-corrected chi connectivity index (χ3v) is 5.94. The molecule has 0 spiro atoms. The molecule has 0 bridgehead atoms. The van der Waals surface area contributed by atoms with Gasteiger partial charge >= 0.3 is 6.02 Å². The highest BCUT2D eigenvalue weighted by Crippen LogP contribution is 2.34. The van der Waals surface area contributed by atoms with Gasteiger partial charge in [-0.25, -0.2) is 0 Å². The van der Waals surface area contributed by atoms with E-state index in [0.717, 1.165) is 28.9 Å². The molecule has 0 N–H and O–H groups in total. The van der Waals surface area contributed by atoms with Crippen LogP contribution in [0.3, 0.4) is 0 Å². The number of carbonyl (C=O) groups is 2. The number of rotatable bonds is 7. The summed E-state index contributed by atoms with van der Waals surface area (Å²) in [5.74, 6) is -0.0362. The van der Waals surface area contributed by atoms with E-state index in [-0.39, 0.29) is 17.7 Å². The van der Waals surface area contributed by atoms with Crippen molar-refractivity contribution in [1.82, 2.24) is 4.90 Å². The molecule has 4 aromatic rings. The summed E-state index contributed by atoms with van der Waals surface area (Å²) < 4.78 is 5.87. The number of amidine groups is 1. The SMILES string of the molecule is CCN1C(=O)/C(=C\c2ccc(N(c3ccccc3)c3ccccc3)cc2)OC1=Nc1ccc(C=O)cc1. The molecule has 1 aliphatic rings. The maximum Gasteiger partial charge on any atom is 0.305 e. The lowest BCUT2D eigenvalue weighted by Crippen LogP contribution is -2.29. The second kappa shape index (κ2) is 10.7. The van der Waals surface area contributed by atoms with Crippen LogP contribution in [0.15, 0.2) is 120 Å². The molecule has 6 heteroatoms. The average Bonchev–Trinajstić information content (AvgIpc) is 3.24. The Morgan fingerprint density at radius 1 is 0.757 bits per heavy atom. The second-order valence-electron chi connectivity index (χ2n) is 8.36. The first-order chi connectivity index (χ1) is 18.2. The van der Waals surface area contributed by atoms with Gasteiger partial charge in [0.1, 0.15) is 6.29 Å². The van der Waals surface area contributed by atoms with E-state index in [1.54, 1.807) is 30.3 Å². The summed E-state index contributed by atoms with van der Waals surface area (Å²) in [5.41, 5.74) is 5.08. The quantitative estimate of drug-likeness (QED) is 0.211. The van der Waals surface area contributed by atoms with Gasteiger partial charge in [0.05, 0.1) is 5.69 Å². The number of hydrogen-bond acceptors (Lipinski definition) is 5. The average molecular weight is 488 g/mol. The molecule has 1 heterocycles. The Kier molecular flexibility index (Phi) is 6.90. The Morgan fingerprint density at radius 2 is 1.30 bits per heavy atom. The van der Waals surface area contributed by atoms with Crippen LogP contribution < -0.4 is 4.90 Å². The fourth-order valence-electron chi connectivity index (χ4n) is 4.08. The molecule has 0 unspecified atom stereocenters. The summed E-state index contributed by atoms with van der Waals surface area (Å²) in [6, 6.07) is 35.3. The number of para-hydroxylation sites is 2. The van der Waals surface area contributed by atoms with Crippen molar-refractivity contribution in [3.8, 4) is 0 Å². The number of nitrogens with zero attached hydrogens (tertiary/aromatic N) is 3. The molecule has 37 heavy (non-hydrogen) atoms. The monoisotopic (exact) mass is 487 g/mol. The molecule has 0 saturated carbocycles. The minimum absolute atomic E-state index is 0.209. The van der Waals surface area contributed by atoms with Gasteiger partial charge in [0.15, 0.2) is 5.76 Å². The molecule has 6 nitrogen and oxygen atoms in total. The van der Waals surface area contributed by atoms with Crippen LogP contribution in [0.4, 0.5) is 22.7 Å². The zero-order chi connectivity index (χ0) is 25.6. The van der Waals surface area contributed by atoms with Crippen molar-refractivity contribution in [3.63, 3.8) is 0 Å². The Bertz CT molecular complexity index is 1410. The van der Waals surface area contributed by atoms with Gasteiger partial charge in [-0.1, -0.05) is 48.5 Å². The van der Waals surface area contributed by atoms with Crippen LogP contribution in [-0.4, -0.2) is 29.7 Å². The maximum atomic E-state index is 13.0. The summed E-state index contributed by atoms with van der Waals surface area (Å²) in [5, 5.41) is 0. The van der Waals surface area contributed by atoms with Gasteiger partial charge in [0.2, 0.25) is 0 Å². The lowest BCUT2D eigenvalue weighted by Gasteiger charge is -2.25. The molecule has 4 aromatic carbocycles. The van der Waals surface area contributed by atoms with Gasteiger partial charge in [-0.2, -0.15) is 4.99 Å². The van der Waals surface area contributed by atoms with Crippen LogP contribution in [0.2, 0.25) is 0 Å². The van der Waals surface area contributed by atoms with Crippen LogP contribution in [0.1, 0.15) is 22.8 Å². The van der Waals surface area contributed by atoms with E-state index >= 15 is 0 Å². The Hall–Kier alpha value is -4.97. The van der Waals surface area contributed by atoms with Gasteiger partial charge in [-0.15, -0.1) is 0 Å². The van der Waals surface area contributed by atoms with Crippen LogP contribution in [-0.2, 0) is 9.53 Å². The zero-order valence-electron chi connectivity index (χ0n) is 20.3. The molecule has 0 atom stereocenters. The van der Waals surface area contributed by atoms with Crippen LogP contribution >= 0.6 is 0 Å². The van der Waals surface area contributed by atoms with Crippen molar-refractivity contribution < 1.29 is 14.3 Å². The third kappa shape index (κ3) is 5.18. The molecule has 1 aliphatic heterocycles. The number of carbonyl (C=O) groups excluding carboxylic acids is 2. The van der Waals surface area contributed by atoms with E-state index in [4.69, 9.17) is 4.74 Å². The molecule has 1 amide bonds. The number of ether oxygens (including phenoxy) is 1. The smallest absolute Gasteiger partial charge is 0.305 e. The van der Waals surface area contributed by atoms with Gasteiger partial charge in [-0.05, 0) is 79.2 Å². The van der Waals surface area contributed by atoms with E-state index in [2.05, 4.69) is 34.2 Å². The summed E-state index contributed by atoms with van der Waals surface area (Å²) in [6.07, 6.45) is 2.50. The summed E-state index contributed by atoms with van der Waals surface area (Å²) in [6.45, 7) is 2.29. The van der Waals surface area contributed by atoms with E-state index in [1.807, 2.05) is 67.6 Å². The predicted molar refractivity (Wildman–Crippen MR) is 146 cm³/mol. The van der Waals surface area contributed by atoms with Crippen molar-refractivity contribution in [2.75, 3.05) is 11.4 Å². The fourth-order valence-corrected chi connectivity index (χ4v) is 4.08. The molecule has 5 rings (SSSR count). The van der Waals surface area contributed by atoms with E-state index in [0.29, 0.717) is 17.8 Å². The van der Waals surface area contributed by atoms with E-state index in [9.17, 15) is 9.59 Å². The van der Waals surface area contributed by atoms with E-state index < -0.39 is 0 Å². The minimum Gasteiger partial charge on any atom is -0.419 e. The van der Waals surface area contributed by atoms with Gasteiger partial charge < -0.3 is 9.64 Å². The second-order valence-corrected chi connectivity index (χ2v) is 8.36. The van der Waals surface area contributed by atoms with Gasteiger partial charge in [0, 0.05) is 29.2 Å². The first-order valence-corrected chi connectivity index (χ1v) is 12.0. The highest BCUT2D eigenvalue weighted by Gasteiger charge is 2.33. The molecule has 0 aliphatic carbocycles. The van der Waals surface area contributed by atoms with Crippen LogP contribution in [0.5, 0.6) is 0 Å². The van der Waals surface area contributed by atoms with Crippen LogP contribution in [0.25, 0.3) is 6.08 Å². The fraction of sp³-hybridized carbons (Fsp3) is 0.0645. The minimum atomic E-state index is -0.245. The molecule has 0 aromatic heterocycles. The molecule has 0 radical (unpaired) electrons. The molecule has 1 fully saturated rings. The number of likely N-dealkylation sites (N-methyl/N-ethyl adjacent to an activating group) is 1. The Morgan fingerprint density at radius 3 is 1.84 bits per heavy atom. The Labute approximate surface area is 215 Å². The molecule has 182 valence electrons. The largest absolute Gasteiger partial charge is 0.419 e. The first kappa shape index (κ1) is 23.8. The summed E-state index contributed by atoms with van der Waals surface area (Å²) in [7, 11) is 0.